The number of benzene rings is 2. The number of phosphoric acid groups is 1. The third kappa shape index (κ3) is 19.6. The predicted molar refractivity (Wildman–Crippen MR) is 251 cm³/mol. The number of phosphoric ester groups is 1. The number of carbonyl (C=O) groups excluding carboxylic acids is 6. The number of hydrogen-bond acceptors (Lipinski definition) is 9. The van der Waals surface area contributed by atoms with Crippen molar-refractivity contribution in [1.82, 2.24) is 31.1 Å². The van der Waals surface area contributed by atoms with E-state index < -0.39 is 61.5 Å². The summed E-state index contributed by atoms with van der Waals surface area (Å²) in [4.78, 5) is 103. The predicted octanol–water partition coefficient (Wildman–Crippen LogP) is 4.91. The Bertz CT molecular complexity index is 1900. The van der Waals surface area contributed by atoms with Gasteiger partial charge in [-0.2, -0.15) is 0 Å². The molecule has 2 heterocycles. The van der Waals surface area contributed by atoms with Crippen LogP contribution in [-0.2, 0) is 46.3 Å². The first kappa shape index (κ1) is 53.8. The topological polar surface area (TPSA) is 250 Å². The molecule has 0 spiro atoms. The van der Waals surface area contributed by atoms with Gasteiger partial charge in [-0.3, -0.25) is 38.6 Å². The van der Waals surface area contributed by atoms with Gasteiger partial charge in [0.25, 0.3) is 0 Å². The lowest BCUT2D eigenvalue weighted by Crippen LogP contribution is -2.62. The molecule has 0 saturated carbocycles. The monoisotopic (exact) mass is 940 g/mol. The van der Waals surface area contributed by atoms with Crippen LogP contribution in [0.5, 0.6) is 5.75 Å². The molecular formula is C48H74N7O10P. The highest BCUT2D eigenvalue weighted by molar-refractivity contribution is 7.46. The summed E-state index contributed by atoms with van der Waals surface area (Å²) in [6.45, 7) is 3.12. The van der Waals surface area contributed by atoms with Crippen LogP contribution in [0.15, 0.2) is 54.6 Å². The minimum atomic E-state index is -4.80. The summed E-state index contributed by atoms with van der Waals surface area (Å²) in [6.07, 6.45) is 16.5. The van der Waals surface area contributed by atoms with Crippen molar-refractivity contribution in [3.8, 4) is 5.75 Å². The van der Waals surface area contributed by atoms with Crippen molar-refractivity contribution in [2.75, 3.05) is 20.1 Å². The van der Waals surface area contributed by atoms with Crippen LogP contribution in [0.1, 0.15) is 140 Å². The second-order valence-corrected chi connectivity index (χ2v) is 19.1. The van der Waals surface area contributed by atoms with E-state index in [1.54, 1.807) is 0 Å². The lowest BCUT2D eigenvalue weighted by Gasteiger charge is -2.38. The van der Waals surface area contributed by atoms with Crippen molar-refractivity contribution < 1.29 is 47.6 Å². The Kier molecular flexibility index (Phi) is 23.1. The van der Waals surface area contributed by atoms with Gasteiger partial charge in [-0.05, 0) is 69.0 Å². The average Bonchev–Trinajstić information content (AvgIpc) is 3.71. The first-order valence-electron chi connectivity index (χ1n) is 24.0. The van der Waals surface area contributed by atoms with E-state index in [0.717, 1.165) is 24.8 Å². The minimum absolute atomic E-state index is 0.000480. The maximum atomic E-state index is 14.6. The number of unbranched alkanes of at least 4 members (excludes halogenated alkanes) is 12. The van der Waals surface area contributed by atoms with Gasteiger partial charge in [-0.1, -0.05) is 126 Å². The van der Waals surface area contributed by atoms with Crippen molar-refractivity contribution >= 4 is 43.3 Å². The Morgan fingerprint density at radius 2 is 1.39 bits per heavy atom. The summed E-state index contributed by atoms with van der Waals surface area (Å²) in [5.41, 5.74) is 6.82. The first-order chi connectivity index (χ1) is 31.6. The molecule has 2 aromatic carbocycles. The van der Waals surface area contributed by atoms with E-state index in [1.807, 2.05) is 42.3 Å². The molecule has 0 radical (unpaired) electrons. The number of nitrogens with two attached hydrogens (primary N) is 1. The smallest absolute Gasteiger partial charge is 0.404 e. The molecule has 2 saturated heterocycles. The molecule has 4 rings (SSSR count). The van der Waals surface area contributed by atoms with Crippen LogP contribution in [0.2, 0.25) is 0 Å². The van der Waals surface area contributed by atoms with Crippen LogP contribution in [0.4, 0.5) is 0 Å². The minimum Gasteiger partial charge on any atom is -0.404 e. The molecule has 0 bridgehead atoms. The number of nitrogens with one attached hydrogen (secondary N) is 4. The van der Waals surface area contributed by atoms with Gasteiger partial charge in [0.1, 0.15) is 29.9 Å². The summed E-state index contributed by atoms with van der Waals surface area (Å²) in [6, 6.07) is 10.4. The van der Waals surface area contributed by atoms with E-state index in [4.69, 9.17) is 5.73 Å². The van der Waals surface area contributed by atoms with Gasteiger partial charge in [0.05, 0.1) is 0 Å². The van der Waals surface area contributed by atoms with Crippen molar-refractivity contribution in [2.24, 2.45) is 5.73 Å². The third-order valence-electron chi connectivity index (χ3n) is 12.4. The van der Waals surface area contributed by atoms with E-state index in [-0.39, 0.29) is 56.5 Å². The summed E-state index contributed by atoms with van der Waals surface area (Å²) in [5, 5.41) is 11.4. The van der Waals surface area contributed by atoms with Crippen molar-refractivity contribution in [1.29, 1.82) is 0 Å². The van der Waals surface area contributed by atoms with Crippen LogP contribution in [0, 0.1) is 0 Å². The number of hydrogen-bond donors (Lipinski definition) is 7. The van der Waals surface area contributed by atoms with Gasteiger partial charge >= 0.3 is 7.82 Å². The summed E-state index contributed by atoms with van der Waals surface area (Å²) in [7, 11) is -2.96. The molecule has 6 amide bonds. The molecule has 17 nitrogen and oxygen atoms in total. The van der Waals surface area contributed by atoms with Crippen LogP contribution in [0.3, 0.4) is 0 Å². The Morgan fingerprint density at radius 3 is 2.00 bits per heavy atom. The number of fused-ring (bicyclic) bond motifs is 1. The Hall–Kier alpha value is -4.83. The Morgan fingerprint density at radius 1 is 0.773 bits per heavy atom. The number of likely N-dealkylation sites (N-methyl/N-ethyl adjacent to an activating group) is 1. The van der Waals surface area contributed by atoms with Crippen LogP contribution >= 0.6 is 7.82 Å². The van der Waals surface area contributed by atoms with E-state index >= 15 is 0 Å². The zero-order valence-electron chi connectivity index (χ0n) is 38.9. The number of amides is 6. The maximum absolute atomic E-state index is 14.6. The molecule has 5 atom stereocenters. The Balaban J connectivity index is 1.41. The van der Waals surface area contributed by atoms with E-state index in [2.05, 4.69) is 32.7 Å². The molecule has 2 aliphatic heterocycles. The van der Waals surface area contributed by atoms with Crippen molar-refractivity contribution in [3.63, 3.8) is 0 Å². The molecule has 0 aromatic heterocycles. The fourth-order valence-electron chi connectivity index (χ4n) is 8.74. The summed E-state index contributed by atoms with van der Waals surface area (Å²) >= 11 is 0. The van der Waals surface area contributed by atoms with Crippen molar-refractivity contribution in [3.05, 3.63) is 65.7 Å². The second kappa shape index (κ2) is 28.4. The molecule has 66 heavy (non-hydrogen) atoms. The van der Waals surface area contributed by atoms with Gasteiger partial charge in [0, 0.05) is 38.4 Å². The van der Waals surface area contributed by atoms with Gasteiger partial charge in [0.15, 0.2) is 0 Å². The van der Waals surface area contributed by atoms with Crippen LogP contribution in [-0.4, -0.2) is 105 Å². The van der Waals surface area contributed by atoms with Crippen LogP contribution in [0.25, 0.3) is 0 Å². The lowest BCUT2D eigenvalue weighted by atomic mass is 10.0. The maximum Gasteiger partial charge on any atom is 0.524 e. The molecule has 2 aromatic rings. The highest BCUT2D eigenvalue weighted by atomic mass is 31.2. The highest BCUT2D eigenvalue weighted by Crippen LogP contribution is 2.37. The standard InChI is InChI=1S/C48H74N7O10P/c1-3-4-5-6-7-8-9-10-11-12-13-14-18-21-44(57)51-40(32-35-22-25-38(26-23-35)65-66(62,63)64)46(59)53-41-34-54(2)31-30-37-24-28-42(55(37)48(41)61)47(60)52-39(27-29-43(49)56)45(58)50-33-36-19-16-15-17-20-36/h15-17,19-20,22-23,25-26,37,39-42H,3-14,18,21,24,27-34H2,1-2H3,(H2,49,56)(H,50,58)(H,51,57)(H,52,60)(H,53,59)(H2,62,63,64)/t37-,39+,40+,41+,42+/m1/s1. The van der Waals surface area contributed by atoms with Gasteiger partial charge in [0.2, 0.25) is 35.4 Å². The quantitative estimate of drug-likeness (QED) is 0.0426. The molecule has 0 aliphatic carbocycles. The van der Waals surface area contributed by atoms with Gasteiger partial charge in [-0.25, -0.2) is 4.57 Å². The molecule has 8 N–H and O–H groups in total. The normalized spacial score (nSPS) is 18.6. The molecule has 2 aliphatic rings. The highest BCUT2D eigenvalue weighted by Gasteiger charge is 2.45. The molecule has 366 valence electrons. The zero-order chi connectivity index (χ0) is 47.9. The Labute approximate surface area is 390 Å². The second-order valence-electron chi connectivity index (χ2n) is 17.9. The van der Waals surface area contributed by atoms with Gasteiger partial charge < -0.3 is 41.3 Å². The first-order valence-corrected chi connectivity index (χ1v) is 25.5. The van der Waals surface area contributed by atoms with E-state index in [9.17, 15) is 43.1 Å². The molecule has 18 heteroatoms. The fourth-order valence-corrected chi connectivity index (χ4v) is 9.13. The SMILES string of the molecule is CCCCCCCCCCCCCCCC(=O)N[C@@H](Cc1ccc(OP(=O)(O)O)cc1)C(=O)N[C@H]1CN(C)CC[C@H]2CC[C@@H](C(=O)N[C@@H](CCC(N)=O)C(=O)NCc3ccccc3)N2C1=O. The molecule has 2 fully saturated rings. The molecular weight excluding hydrogens is 866 g/mol. The number of carbonyl (C=O) groups is 6. The number of rotatable bonds is 29. The largest absolute Gasteiger partial charge is 0.524 e. The van der Waals surface area contributed by atoms with Gasteiger partial charge in [-0.15, -0.1) is 0 Å². The van der Waals surface area contributed by atoms with Crippen LogP contribution < -0.4 is 31.5 Å². The fraction of sp³-hybridized carbons (Fsp3) is 0.625. The zero-order valence-corrected chi connectivity index (χ0v) is 39.8. The third-order valence-corrected chi connectivity index (χ3v) is 12.8. The summed E-state index contributed by atoms with van der Waals surface area (Å²) in [5.74, 6) is -3.18. The van der Waals surface area contributed by atoms with E-state index in [1.165, 1.54) is 87.0 Å². The lowest BCUT2D eigenvalue weighted by molar-refractivity contribution is -0.145. The number of primary amides is 1. The number of nitrogens with zero attached hydrogens (tertiary/aromatic N) is 2. The van der Waals surface area contributed by atoms with E-state index in [0.29, 0.717) is 37.8 Å². The summed E-state index contributed by atoms with van der Waals surface area (Å²) < 4.78 is 16.1. The molecule has 0 unspecified atom stereocenters. The van der Waals surface area contributed by atoms with Crippen molar-refractivity contribution in [2.45, 2.75) is 172 Å². The average molecular weight is 940 g/mol.